The van der Waals surface area contributed by atoms with Gasteiger partial charge in [-0.15, -0.1) is 0 Å². The van der Waals surface area contributed by atoms with Gasteiger partial charge in [0.2, 0.25) is 0 Å². The predicted molar refractivity (Wildman–Crippen MR) is 53.7 cm³/mol. The van der Waals surface area contributed by atoms with Crippen LogP contribution in [0.3, 0.4) is 0 Å². The third-order valence-electron chi connectivity index (χ3n) is 2.04. The van der Waals surface area contributed by atoms with Crippen molar-refractivity contribution in [2.45, 2.75) is 20.5 Å². The molecule has 1 aromatic carbocycles. The molecule has 0 atom stereocenters. The zero-order valence-corrected chi connectivity index (χ0v) is 9.33. The van der Waals surface area contributed by atoms with Crippen LogP contribution in [0.5, 0.6) is 0 Å². The van der Waals surface area contributed by atoms with Gasteiger partial charge in [0.05, 0.1) is 5.56 Å². The molecule has 0 heterocycles. The predicted octanol–water partition coefficient (Wildman–Crippen LogP) is 3.11. The average molecular weight is 249 g/mol. The van der Waals surface area contributed by atoms with E-state index in [1.54, 1.807) is 6.92 Å². The minimum Gasteiger partial charge on any atom is -0.272 e. The Labute approximate surface area is 95.8 Å². The number of allylic oxidation sites excluding steroid dienone is 1. The summed E-state index contributed by atoms with van der Waals surface area (Å²) in [6.45, 7) is 5.25. The fourth-order valence-corrected chi connectivity index (χ4v) is 1.15. The van der Waals surface area contributed by atoms with Crippen molar-refractivity contribution >= 4 is 0 Å². The first kappa shape index (κ1) is 13.5. The molecule has 0 fully saturated rings. The number of nitrogens with one attached hydrogen (secondary N) is 1. The minimum absolute atomic E-state index is 0.388. The van der Waals surface area contributed by atoms with Crippen LogP contribution in [-0.2, 0) is 11.4 Å². The quantitative estimate of drug-likeness (QED) is 0.503. The van der Waals surface area contributed by atoms with Crippen molar-refractivity contribution in [1.82, 2.24) is 5.48 Å². The summed E-state index contributed by atoms with van der Waals surface area (Å²) < 4.78 is 52.9. The largest absolute Gasteiger partial charge is 0.272 e. The van der Waals surface area contributed by atoms with Crippen molar-refractivity contribution in [1.29, 1.82) is 0 Å². The van der Waals surface area contributed by atoms with Gasteiger partial charge in [0.1, 0.15) is 6.61 Å². The topological polar surface area (TPSA) is 21.3 Å². The van der Waals surface area contributed by atoms with Crippen LogP contribution in [0, 0.1) is 30.2 Å². The van der Waals surface area contributed by atoms with Gasteiger partial charge in [0.15, 0.2) is 23.3 Å². The highest BCUT2D eigenvalue weighted by atomic mass is 19.2. The molecule has 2 nitrogen and oxygen atoms in total. The van der Waals surface area contributed by atoms with Crippen LogP contribution in [0.15, 0.2) is 12.3 Å². The maximum atomic E-state index is 13.3. The van der Waals surface area contributed by atoms with Crippen LogP contribution >= 0.6 is 0 Å². The molecule has 0 aliphatic heterocycles. The Hall–Kier alpha value is -1.56. The fourth-order valence-electron chi connectivity index (χ4n) is 1.15. The van der Waals surface area contributed by atoms with E-state index in [4.69, 9.17) is 0 Å². The lowest BCUT2D eigenvalue weighted by molar-refractivity contribution is 0.0452. The van der Waals surface area contributed by atoms with E-state index in [1.165, 1.54) is 0 Å². The first-order valence-corrected chi connectivity index (χ1v) is 4.71. The number of halogens is 4. The van der Waals surface area contributed by atoms with Crippen molar-refractivity contribution in [3.8, 4) is 0 Å². The highest BCUT2D eigenvalue weighted by Crippen LogP contribution is 2.23. The van der Waals surface area contributed by atoms with Crippen LogP contribution in [-0.4, -0.2) is 0 Å². The molecule has 1 aromatic rings. The van der Waals surface area contributed by atoms with Gasteiger partial charge in [-0.2, -0.15) is 0 Å². The molecule has 0 saturated heterocycles. The summed E-state index contributed by atoms with van der Waals surface area (Å²) in [5.41, 5.74) is 1.11. The molecule has 17 heavy (non-hydrogen) atoms. The third kappa shape index (κ3) is 2.76. The summed E-state index contributed by atoms with van der Waals surface area (Å²) in [6.07, 6.45) is 0. The normalized spacial score (nSPS) is 10.5. The Morgan fingerprint density at radius 2 is 1.59 bits per heavy atom. The summed E-state index contributed by atoms with van der Waals surface area (Å²) in [4.78, 5) is 4.63. The number of hydroxylamine groups is 1. The monoisotopic (exact) mass is 249 g/mol. The fraction of sp³-hybridized carbons (Fsp3) is 0.273. The molecule has 0 aliphatic carbocycles. The maximum Gasteiger partial charge on any atom is 0.167 e. The summed E-state index contributed by atoms with van der Waals surface area (Å²) in [7, 11) is 0. The molecule has 0 amide bonds. The second-order valence-electron chi connectivity index (χ2n) is 3.53. The van der Waals surface area contributed by atoms with Gasteiger partial charge < -0.3 is 0 Å². The second-order valence-corrected chi connectivity index (χ2v) is 3.53. The summed E-state index contributed by atoms with van der Waals surface area (Å²) in [5.74, 6) is -5.74. The molecule has 0 spiro atoms. The number of hydrogen-bond donors (Lipinski definition) is 1. The second kappa shape index (κ2) is 5.18. The maximum absolute atomic E-state index is 13.3. The van der Waals surface area contributed by atoms with Gasteiger partial charge in [-0.1, -0.05) is 6.58 Å². The van der Waals surface area contributed by atoms with E-state index in [9.17, 15) is 17.6 Å². The molecule has 1 rings (SSSR count). The van der Waals surface area contributed by atoms with Crippen molar-refractivity contribution in [2.24, 2.45) is 0 Å². The molecule has 0 radical (unpaired) electrons. The van der Waals surface area contributed by atoms with Crippen molar-refractivity contribution in [3.05, 3.63) is 46.7 Å². The zero-order chi connectivity index (χ0) is 13.2. The average Bonchev–Trinajstić information content (AvgIpc) is 2.28. The lowest BCUT2D eigenvalue weighted by atomic mass is 10.1. The molecular weight excluding hydrogens is 238 g/mol. The van der Waals surface area contributed by atoms with E-state index in [0.717, 1.165) is 6.92 Å². The third-order valence-corrected chi connectivity index (χ3v) is 2.04. The van der Waals surface area contributed by atoms with E-state index in [-0.39, 0.29) is 0 Å². The minimum atomic E-state index is -1.45. The SMILES string of the molecule is C=C(C)NOCc1c(F)c(F)c(C)c(F)c1F. The lowest BCUT2D eigenvalue weighted by Crippen LogP contribution is -2.14. The molecule has 0 bridgehead atoms. The van der Waals surface area contributed by atoms with Crippen molar-refractivity contribution in [3.63, 3.8) is 0 Å². The van der Waals surface area contributed by atoms with E-state index in [2.05, 4.69) is 16.9 Å². The molecule has 0 aliphatic rings. The number of benzene rings is 1. The highest BCUT2D eigenvalue weighted by molar-refractivity contribution is 5.28. The molecule has 0 unspecified atom stereocenters. The Bertz CT molecular complexity index is 430. The van der Waals surface area contributed by atoms with Gasteiger partial charge in [0.25, 0.3) is 0 Å². The van der Waals surface area contributed by atoms with Crippen LogP contribution < -0.4 is 5.48 Å². The Morgan fingerprint density at radius 3 is 2.00 bits per heavy atom. The number of hydrogen-bond acceptors (Lipinski definition) is 2. The molecular formula is C11H11F4NO. The van der Waals surface area contributed by atoms with Crippen LogP contribution in [0.4, 0.5) is 17.6 Å². The van der Waals surface area contributed by atoms with E-state index in [0.29, 0.717) is 5.70 Å². The van der Waals surface area contributed by atoms with Gasteiger partial charge >= 0.3 is 0 Å². The first-order valence-electron chi connectivity index (χ1n) is 4.71. The number of rotatable bonds is 4. The molecule has 0 saturated carbocycles. The van der Waals surface area contributed by atoms with Gasteiger partial charge in [-0.05, 0) is 13.8 Å². The smallest absolute Gasteiger partial charge is 0.167 e. The Kier molecular flexibility index (Phi) is 4.11. The summed E-state index contributed by atoms with van der Waals surface area (Å²) in [6, 6.07) is 0. The Morgan fingerprint density at radius 1 is 1.12 bits per heavy atom. The van der Waals surface area contributed by atoms with Crippen LogP contribution in [0.2, 0.25) is 0 Å². The van der Waals surface area contributed by atoms with Crippen molar-refractivity contribution < 1.29 is 22.4 Å². The molecule has 6 heteroatoms. The summed E-state index contributed by atoms with van der Waals surface area (Å²) >= 11 is 0. The molecule has 94 valence electrons. The van der Waals surface area contributed by atoms with Crippen LogP contribution in [0.1, 0.15) is 18.1 Å². The Balaban J connectivity index is 3.03. The summed E-state index contributed by atoms with van der Waals surface area (Å²) in [5, 5.41) is 0. The first-order chi connectivity index (χ1) is 7.86. The van der Waals surface area contributed by atoms with Crippen LogP contribution in [0.25, 0.3) is 0 Å². The van der Waals surface area contributed by atoms with E-state index >= 15 is 0 Å². The van der Waals surface area contributed by atoms with Gasteiger partial charge in [0, 0.05) is 11.3 Å². The lowest BCUT2D eigenvalue weighted by Gasteiger charge is -2.10. The zero-order valence-electron chi connectivity index (χ0n) is 9.33. The van der Waals surface area contributed by atoms with Crippen molar-refractivity contribution in [2.75, 3.05) is 0 Å². The highest BCUT2D eigenvalue weighted by Gasteiger charge is 2.22. The van der Waals surface area contributed by atoms with Gasteiger partial charge in [-0.3, -0.25) is 10.3 Å². The molecule has 1 N–H and O–H groups in total. The van der Waals surface area contributed by atoms with E-state index in [1.807, 2.05) is 0 Å². The standard InChI is InChI=1S/C11H11F4NO/c1-5(2)16-17-4-7-10(14)8(12)6(3)9(13)11(7)15/h16H,1,4H2,2-3H3. The van der Waals surface area contributed by atoms with E-state index < -0.39 is 41.0 Å². The van der Waals surface area contributed by atoms with Gasteiger partial charge in [-0.25, -0.2) is 17.6 Å². The molecule has 0 aromatic heterocycles.